The standard InChI is InChI=1S/C44H33N/c1-2-10-30(11-3-1)26-36-19-18-32-13-6-7-15-38(32)41-28-34(21-24-39(36)41)35-22-25-44-42(29-35)40-16-8-9-17-43(40)45(44)37-23-20-31-12-4-5-14-33(31)27-37/h1-17,20-25,27-29,36H,18-19,26H2. The number of aromatic nitrogens is 1. The van der Waals surface area contributed by atoms with E-state index < -0.39 is 0 Å². The van der Waals surface area contributed by atoms with Gasteiger partial charge in [-0.3, -0.25) is 0 Å². The summed E-state index contributed by atoms with van der Waals surface area (Å²) in [5, 5.41) is 5.09. The maximum absolute atomic E-state index is 2.46. The van der Waals surface area contributed by atoms with Crippen molar-refractivity contribution in [1.29, 1.82) is 0 Å². The zero-order chi connectivity index (χ0) is 29.7. The van der Waals surface area contributed by atoms with Crippen LogP contribution in [0.2, 0.25) is 0 Å². The fourth-order valence-corrected chi connectivity index (χ4v) is 7.67. The molecule has 0 saturated heterocycles. The van der Waals surface area contributed by atoms with Crippen LogP contribution in [0.3, 0.4) is 0 Å². The summed E-state index contributed by atoms with van der Waals surface area (Å²) in [7, 11) is 0. The van der Waals surface area contributed by atoms with Crippen LogP contribution in [-0.2, 0) is 12.8 Å². The van der Waals surface area contributed by atoms with Crippen molar-refractivity contribution in [2.24, 2.45) is 0 Å². The van der Waals surface area contributed by atoms with E-state index in [9.17, 15) is 0 Å². The molecule has 1 unspecified atom stereocenters. The molecule has 0 saturated carbocycles. The molecule has 0 N–H and O–H groups in total. The van der Waals surface area contributed by atoms with Gasteiger partial charge in [0.05, 0.1) is 11.0 Å². The Labute approximate surface area is 264 Å². The van der Waals surface area contributed by atoms with E-state index in [1.807, 2.05) is 0 Å². The lowest BCUT2D eigenvalue weighted by atomic mass is 9.85. The second-order valence-electron chi connectivity index (χ2n) is 12.5. The molecule has 1 atom stereocenters. The van der Waals surface area contributed by atoms with Crippen LogP contribution < -0.4 is 0 Å². The molecule has 8 aromatic rings. The summed E-state index contributed by atoms with van der Waals surface area (Å²) in [5.41, 5.74) is 13.3. The molecule has 45 heavy (non-hydrogen) atoms. The Hall–Kier alpha value is -5.40. The third-order valence-electron chi connectivity index (χ3n) is 9.88. The van der Waals surface area contributed by atoms with E-state index in [-0.39, 0.29) is 0 Å². The lowest BCUT2D eigenvalue weighted by Gasteiger charge is -2.19. The van der Waals surface area contributed by atoms with E-state index in [0.717, 1.165) is 12.8 Å². The fraction of sp³-hybridized carbons (Fsp3) is 0.0909. The average Bonchev–Trinajstić information content (AvgIpc) is 3.35. The summed E-state index contributed by atoms with van der Waals surface area (Å²) >= 11 is 0. The Morgan fingerprint density at radius 1 is 0.511 bits per heavy atom. The molecule has 1 heterocycles. The first-order chi connectivity index (χ1) is 22.3. The second kappa shape index (κ2) is 10.6. The molecule has 1 nitrogen and oxygen atoms in total. The Morgan fingerprint density at radius 2 is 1.24 bits per heavy atom. The molecule has 0 spiro atoms. The average molecular weight is 576 g/mol. The van der Waals surface area contributed by atoms with Gasteiger partial charge in [-0.1, -0.05) is 121 Å². The Bertz CT molecular complexity index is 2360. The molecule has 0 amide bonds. The topological polar surface area (TPSA) is 4.93 Å². The maximum Gasteiger partial charge on any atom is 0.0541 e. The zero-order valence-corrected chi connectivity index (χ0v) is 25.2. The number of rotatable bonds is 4. The molecule has 1 heteroatoms. The highest BCUT2D eigenvalue weighted by Gasteiger charge is 2.23. The molecular formula is C44H33N. The van der Waals surface area contributed by atoms with E-state index in [4.69, 9.17) is 0 Å². The van der Waals surface area contributed by atoms with Crippen molar-refractivity contribution in [3.8, 4) is 27.9 Å². The van der Waals surface area contributed by atoms with E-state index in [2.05, 4.69) is 162 Å². The predicted molar refractivity (Wildman–Crippen MR) is 190 cm³/mol. The monoisotopic (exact) mass is 575 g/mol. The van der Waals surface area contributed by atoms with Crippen LogP contribution in [0.1, 0.15) is 29.0 Å². The number of aryl methyl sites for hydroxylation is 1. The quantitative estimate of drug-likeness (QED) is 0.197. The molecular weight excluding hydrogens is 542 g/mol. The predicted octanol–water partition coefficient (Wildman–Crippen LogP) is 11.5. The number of para-hydroxylation sites is 1. The Morgan fingerprint density at radius 3 is 2.18 bits per heavy atom. The van der Waals surface area contributed by atoms with Crippen molar-refractivity contribution in [1.82, 2.24) is 4.57 Å². The van der Waals surface area contributed by atoms with Crippen LogP contribution in [0.25, 0.3) is 60.5 Å². The van der Waals surface area contributed by atoms with E-state index >= 15 is 0 Å². The first-order valence-electron chi connectivity index (χ1n) is 16.1. The maximum atomic E-state index is 2.46. The van der Waals surface area contributed by atoms with E-state index in [1.165, 1.54) is 83.6 Å². The SMILES string of the molecule is c1ccc(CC2CCc3ccccc3-c3cc(-c4ccc5c(c4)c4ccccc4n5-c4ccc5ccccc5c4)ccc32)cc1. The first-order valence-corrected chi connectivity index (χ1v) is 16.1. The molecule has 0 radical (unpaired) electrons. The van der Waals surface area contributed by atoms with E-state index in [0.29, 0.717) is 5.92 Å². The number of nitrogens with zero attached hydrogens (tertiary/aromatic N) is 1. The Kier molecular flexibility index (Phi) is 6.16. The molecule has 7 aromatic carbocycles. The lowest BCUT2D eigenvalue weighted by molar-refractivity contribution is 0.629. The van der Waals surface area contributed by atoms with Gasteiger partial charge >= 0.3 is 0 Å². The molecule has 214 valence electrons. The summed E-state index contributed by atoms with van der Waals surface area (Å²) in [6.45, 7) is 0. The van der Waals surface area contributed by atoms with Crippen LogP contribution in [-0.4, -0.2) is 4.57 Å². The highest BCUT2D eigenvalue weighted by molar-refractivity contribution is 6.10. The van der Waals surface area contributed by atoms with Crippen LogP contribution >= 0.6 is 0 Å². The Balaban J connectivity index is 1.19. The number of benzene rings is 7. The van der Waals surface area contributed by atoms with Crippen molar-refractivity contribution in [2.75, 3.05) is 0 Å². The van der Waals surface area contributed by atoms with Crippen molar-refractivity contribution in [3.63, 3.8) is 0 Å². The molecule has 1 aliphatic carbocycles. The summed E-state index contributed by atoms with van der Waals surface area (Å²) in [4.78, 5) is 0. The number of hydrogen-bond donors (Lipinski definition) is 0. The molecule has 0 fully saturated rings. The smallest absolute Gasteiger partial charge is 0.0541 e. The number of hydrogen-bond acceptors (Lipinski definition) is 0. The van der Waals surface area contributed by atoms with Gasteiger partial charge in [0, 0.05) is 16.5 Å². The molecule has 9 rings (SSSR count). The minimum Gasteiger partial charge on any atom is -0.309 e. The van der Waals surface area contributed by atoms with Crippen LogP contribution in [0.4, 0.5) is 0 Å². The lowest BCUT2D eigenvalue weighted by Crippen LogP contribution is -2.04. The summed E-state index contributed by atoms with van der Waals surface area (Å²) in [6.07, 6.45) is 3.35. The van der Waals surface area contributed by atoms with Crippen LogP contribution in [0.15, 0.2) is 158 Å². The normalized spacial score (nSPS) is 14.4. The van der Waals surface area contributed by atoms with Crippen LogP contribution in [0, 0.1) is 0 Å². The third-order valence-corrected chi connectivity index (χ3v) is 9.88. The van der Waals surface area contributed by atoms with Gasteiger partial charge < -0.3 is 4.57 Å². The van der Waals surface area contributed by atoms with Gasteiger partial charge in [0.2, 0.25) is 0 Å². The summed E-state index contributed by atoms with van der Waals surface area (Å²) in [5.74, 6) is 0.492. The van der Waals surface area contributed by atoms with Crippen molar-refractivity contribution >= 4 is 32.6 Å². The zero-order valence-electron chi connectivity index (χ0n) is 25.2. The summed E-state index contributed by atoms with van der Waals surface area (Å²) < 4.78 is 2.42. The van der Waals surface area contributed by atoms with Gasteiger partial charge in [0.1, 0.15) is 0 Å². The van der Waals surface area contributed by atoms with Gasteiger partial charge in [0.25, 0.3) is 0 Å². The van der Waals surface area contributed by atoms with E-state index in [1.54, 1.807) is 0 Å². The molecule has 1 aliphatic rings. The van der Waals surface area contributed by atoms with Gasteiger partial charge in [-0.25, -0.2) is 0 Å². The first kappa shape index (κ1) is 26.0. The van der Waals surface area contributed by atoms with Crippen molar-refractivity contribution in [2.45, 2.75) is 25.2 Å². The fourth-order valence-electron chi connectivity index (χ4n) is 7.67. The van der Waals surface area contributed by atoms with Crippen molar-refractivity contribution < 1.29 is 0 Å². The molecule has 0 aliphatic heterocycles. The van der Waals surface area contributed by atoms with Gasteiger partial charge in [-0.15, -0.1) is 0 Å². The minimum atomic E-state index is 0.492. The van der Waals surface area contributed by atoms with Crippen LogP contribution in [0.5, 0.6) is 0 Å². The highest BCUT2D eigenvalue weighted by atomic mass is 15.0. The highest BCUT2D eigenvalue weighted by Crippen LogP contribution is 2.42. The number of fused-ring (bicyclic) bond motifs is 7. The second-order valence-corrected chi connectivity index (χ2v) is 12.5. The van der Waals surface area contributed by atoms with Gasteiger partial charge in [-0.05, 0) is 111 Å². The molecule has 1 aromatic heterocycles. The van der Waals surface area contributed by atoms with Gasteiger partial charge in [0.15, 0.2) is 0 Å². The van der Waals surface area contributed by atoms with Gasteiger partial charge in [-0.2, -0.15) is 0 Å². The summed E-state index contributed by atoms with van der Waals surface area (Å²) in [6, 6.07) is 58.5. The van der Waals surface area contributed by atoms with Crippen molar-refractivity contribution in [3.05, 3.63) is 174 Å². The minimum absolute atomic E-state index is 0.492. The largest absolute Gasteiger partial charge is 0.309 e. The molecule has 0 bridgehead atoms. The third kappa shape index (κ3) is 4.47.